The van der Waals surface area contributed by atoms with E-state index < -0.39 is 0 Å². The van der Waals surface area contributed by atoms with Gasteiger partial charge in [-0.25, -0.2) is 4.98 Å². The highest BCUT2D eigenvalue weighted by atomic mass is 32.1. The number of nitrogens with one attached hydrogen (secondary N) is 1. The number of hydrogen-bond acceptors (Lipinski definition) is 3. The lowest BCUT2D eigenvalue weighted by Gasteiger charge is -2.25. The maximum Gasteiger partial charge on any atom is 0.244 e. The Kier molecular flexibility index (Phi) is 4.13. The van der Waals surface area contributed by atoms with Gasteiger partial charge in [-0.3, -0.25) is 4.79 Å². The second kappa shape index (κ2) is 6.57. The van der Waals surface area contributed by atoms with Gasteiger partial charge in [0.05, 0.1) is 16.3 Å². The predicted molar refractivity (Wildman–Crippen MR) is 98.9 cm³/mol. The standard InChI is InChI=1S/C20H18N2OS/c23-19(12-13-20-22-17-9-3-4-11-18(17)24-20)21-16-10-5-7-14-6-1-2-8-15(14)16/h1-4,6,8-9,11-13,16H,5,7,10H2,(H,21,23)/b13-12+/t16-/m1/s1. The number of aryl methyl sites for hydroxylation is 1. The highest BCUT2D eigenvalue weighted by molar-refractivity contribution is 7.19. The van der Waals surface area contributed by atoms with Crippen molar-refractivity contribution in [2.45, 2.75) is 25.3 Å². The largest absolute Gasteiger partial charge is 0.346 e. The SMILES string of the molecule is O=C(/C=C/c1nc2ccccc2s1)N[C@@H]1CCCc2ccccc21. The van der Waals surface area contributed by atoms with Gasteiger partial charge in [0.1, 0.15) is 5.01 Å². The molecule has 1 aliphatic rings. The molecule has 1 N–H and O–H groups in total. The molecule has 1 atom stereocenters. The average molecular weight is 334 g/mol. The summed E-state index contributed by atoms with van der Waals surface area (Å²) in [7, 11) is 0. The topological polar surface area (TPSA) is 42.0 Å². The summed E-state index contributed by atoms with van der Waals surface area (Å²) < 4.78 is 1.14. The monoisotopic (exact) mass is 334 g/mol. The Morgan fingerprint density at radius 2 is 2.00 bits per heavy atom. The van der Waals surface area contributed by atoms with Crippen LogP contribution in [-0.2, 0) is 11.2 Å². The molecule has 0 aliphatic heterocycles. The molecule has 0 bridgehead atoms. The molecule has 4 heteroatoms. The van der Waals surface area contributed by atoms with Gasteiger partial charge in [0, 0.05) is 6.08 Å². The maximum atomic E-state index is 12.3. The fraction of sp³-hybridized carbons (Fsp3) is 0.200. The molecule has 3 aromatic rings. The van der Waals surface area contributed by atoms with Crippen LogP contribution < -0.4 is 5.32 Å². The van der Waals surface area contributed by atoms with E-state index in [0.29, 0.717) is 0 Å². The van der Waals surface area contributed by atoms with Gasteiger partial charge in [0.25, 0.3) is 0 Å². The van der Waals surface area contributed by atoms with E-state index in [1.165, 1.54) is 11.1 Å². The van der Waals surface area contributed by atoms with Gasteiger partial charge in [0.15, 0.2) is 0 Å². The molecule has 2 aromatic carbocycles. The van der Waals surface area contributed by atoms with Crippen molar-refractivity contribution in [3.05, 3.63) is 70.7 Å². The zero-order valence-electron chi connectivity index (χ0n) is 13.2. The van der Waals surface area contributed by atoms with Gasteiger partial charge in [-0.2, -0.15) is 0 Å². The van der Waals surface area contributed by atoms with Crippen LogP contribution in [0, 0.1) is 0 Å². The number of para-hydroxylation sites is 1. The first kappa shape index (κ1) is 15.1. The molecule has 4 rings (SSSR count). The molecule has 1 heterocycles. The number of aromatic nitrogens is 1. The second-order valence-corrected chi connectivity index (χ2v) is 7.07. The fourth-order valence-electron chi connectivity index (χ4n) is 3.23. The van der Waals surface area contributed by atoms with Gasteiger partial charge in [-0.15, -0.1) is 11.3 Å². The zero-order chi connectivity index (χ0) is 16.4. The van der Waals surface area contributed by atoms with Gasteiger partial charge in [0.2, 0.25) is 5.91 Å². The van der Waals surface area contributed by atoms with Crippen LogP contribution in [0.5, 0.6) is 0 Å². The maximum absolute atomic E-state index is 12.3. The summed E-state index contributed by atoms with van der Waals surface area (Å²) in [5.74, 6) is -0.0593. The summed E-state index contributed by atoms with van der Waals surface area (Å²) in [5.41, 5.74) is 3.58. The molecule has 1 aromatic heterocycles. The Morgan fingerprint density at radius 3 is 2.92 bits per heavy atom. The summed E-state index contributed by atoms with van der Waals surface area (Å²) in [6.07, 6.45) is 6.61. The smallest absolute Gasteiger partial charge is 0.244 e. The normalized spacial score (nSPS) is 17.1. The van der Waals surface area contributed by atoms with Crippen molar-refractivity contribution in [1.29, 1.82) is 0 Å². The van der Waals surface area contributed by atoms with Crippen LogP contribution in [0.4, 0.5) is 0 Å². The van der Waals surface area contributed by atoms with Crippen LogP contribution in [0.15, 0.2) is 54.6 Å². The molecule has 0 saturated heterocycles. The van der Waals surface area contributed by atoms with Gasteiger partial charge >= 0.3 is 0 Å². The minimum absolute atomic E-state index is 0.0593. The number of nitrogens with zero attached hydrogens (tertiary/aromatic N) is 1. The van der Waals surface area contributed by atoms with Crippen molar-refractivity contribution in [2.24, 2.45) is 0 Å². The van der Waals surface area contributed by atoms with Crippen molar-refractivity contribution in [1.82, 2.24) is 10.3 Å². The molecule has 0 fully saturated rings. The Labute approximate surface area is 145 Å². The molecular formula is C20H18N2OS. The minimum Gasteiger partial charge on any atom is -0.346 e. The molecule has 3 nitrogen and oxygen atoms in total. The molecule has 24 heavy (non-hydrogen) atoms. The predicted octanol–water partition coefficient (Wildman–Crippen LogP) is 4.50. The molecule has 120 valence electrons. The number of carbonyl (C=O) groups is 1. The first-order valence-electron chi connectivity index (χ1n) is 8.21. The molecule has 1 aliphatic carbocycles. The molecular weight excluding hydrogens is 316 g/mol. The van der Waals surface area contributed by atoms with Crippen LogP contribution >= 0.6 is 11.3 Å². The molecule has 0 radical (unpaired) electrons. The minimum atomic E-state index is -0.0593. The van der Waals surface area contributed by atoms with E-state index >= 15 is 0 Å². The van der Waals surface area contributed by atoms with E-state index in [1.54, 1.807) is 23.5 Å². The Hall–Kier alpha value is -2.46. The van der Waals surface area contributed by atoms with Gasteiger partial charge in [-0.1, -0.05) is 36.4 Å². The lowest BCUT2D eigenvalue weighted by atomic mass is 9.88. The lowest BCUT2D eigenvalue weighted by Crippen LogP contribution is -2.29. The summed E-state index contributed by atoms with van der Waals surface area (Å²) in [6, 6.07) is 16.5. The zero-order valence-corrected chi connectivity index (χ0v) is 14.1. The summed E-state index contributed by atoms with van der Waals surface area (Å²) in [5, 5.41) is 3.99. The Balaban J connectivity index is 1.47. The van der Waals surface area contributed by atoms with Crippen molar-refractivity contribution < 1.29 is 4.79 Å². The van der Waals surface area contributed by atoms with Gasteiger partial charge in [-0.05, 0) is 48.6 Å². The van der Waals surface area contributed by atoms with Gasteiger partial charge < -0.3 is 5.32 Å². The Morgan fingerprint density at radius 1 is 1.17 bits per heavy atom. The van der Waals surface area contributed by atoms with E-state index in [-0.39, 0.29) is 11.9 Å². The number of thiazole rings is 1. The van der Waals surface area contributed by atoms with Crippen molar-refractivity contribution >= 4 is 33.5 Å². The van der Waals surface area contributed by atoms with Crippen molar-refractivity contribution in [3.63, 3.8) is 0 Å². The van der Waals surface area contributed by atoms with Crippen LogP contribution in [0.1, 0.15) is 35.0 Å². The number of fused-ring (bicyclic) bond motifs is 2. The average Bonchev–Trinajstić information content (AvgIpc) is 3.03. The highest BCUT2D eigenvalue weighted by Crippen LogP contribution is 2.29. The Bertz CT molecular complexity index is 880. The van der Waals surface area contributed by atoms with E-state index in [0.717, 1.165) is 34.5 Å². The molecule has 0 saturated carbocycles. The second-order valence-electron chi connectivity index (χ2n) is 6.01. The van der Waals surface area contributed by atoms with E-state index in [9.17, 15) is 4.79 Å². The number of amides is 1. The van der Waals surface area contributed by atoms with E-state index in [2.05, 4.69) is 28.5 Å². The number of benzene rings is 2. The van der Waals surface area contributed by atoms with Crippen LogP contribution in [0.2, 0.25) is 0 Å². The van der Waals surface area contributed by atoms with Crippen LogP contribution in [0.25, 0.3) is 16.3 Å². The van der Waals surface area contributed by atoms with Crippen molar-refractivity contribution in [3.8, 4) is 0 Å². The van der Waals surface area contributed by atoms with Crippen molar-refractivity contribution in [2.75, 3.05) is 0 Å². The number of hydrogen-bond donors (Lipinski definition) is 1. The van der Waals surface area contributed by atoms with Crippen LogP contribution in [-0.4, -0.2) is 10.9 Å². The highest BCUT2D eigenvalue weighted by Gasteiger charge is 2.20. The first-order chi connectivity index (χ1) is 11.8. The molecule has 1 amide bonds. The van der Waals surface area contributed by atoms with E-state index in [1.807, 2.05) is 30.3 Å². The summed E-state index contributed by atoms with van der Waals surface area (Å²) >= 11 is 1.60. The summed E-state index contributed by atoms with van der Waals surface area (Å²) in [4.78, 5) is 16.8. The number of carbonyl (C=O) groups excluding carboxylic acids is 1. The fourth-order valence-corrected chi connectivity index (χ4v) is 4.10. The lowest BCUT2D eigenvalue weighted by molar-refractivity contribution is -0.117. The van der Waals surface area contributed by atoms with Crippen LogP contribution in [0.3, 0.4) is 0 Å². The molecule has 0 spiro atoms. The quantitative estimate of drug-likeness (QED) is 0.716. The van der Waals surface area contributed by atoms with E-state index in [4.69, 9.17) is 0 Å². The first-order valence-corrected chi connectivity index (χ1v) is 9.03. The molecule has 0 unspecified atom stereocenters. The third-order valence-corrected chi connectivity index (χ3v) is 5.38. The summed E-state index contributed by atoms with van der Waals surface area (Å²) in [6.45, 7) is 0. The number of rotatable bonds is 3. The third-order valence-electron chi connectivity index (χ3n) is 4.37. The third kappa shape index (κ3) is 3.10.